The first-order valence-electron chi connectivity index (χ1n) is 10.2. The third-order valence-corrected chi connectivity index (χ3v) is 5.46. The lowest BCUT2D eigenvalue weighted by atomic mass is 10.1. The highest BCUT2D eigenvalue weighted by molar-refractivity contribution is 6.06. The molecule has 0 radical (unpaired) electrons. The molecule has 0 unspecified atom stereocenters. The highest BCUT2D eigenvalue weighted by Crippen LogP contribution is 2.30. The van der Waals surface area contributed by atoms with Crippen LogP contribution in [0.2, 0.25) is 0 Å². The highest BCUT2D eigenvalue weighted by Gasteiger charge is 2.20. The Kier molecular flexibility index (Phi) is 4.85. The van der Waals surface area contributed by atoms with Gasteiger partial charge >= 0.3 is 0 Å². The average Bonchev–Trinajstić information content (AvgIpc) is 3.02. The van der Waals surface area contributed by atoms with Gasteiger partial charge in [0.25, 0.3) is 11.8 Å². The summed E-state index contributed by atoms with van der Waals surface area (Å²) in [5.41, 5.74) is 1.53. The minimum Gasteiger partial charge on any atom is -0.482 e. The van der Waals surface area contributed by atoms with Crippen molar-refractivity contribution in [3.63, 3.8) is 0 Å². The van der Waals surface area contributed by atoms with Crippen LogP contribution in [0, 0.1) is 5.82 Å². The van der Waals surface area contributed by atoms with E-state index < -0.39 is 11.7 Å². The number of hydrogen-bond acceptors (Lipinski definition) is 5. The topological polar surface area (TPSA) is 98.1 Å². The number of anilines is 2. The Hall–Kier alpha value is -3.75. The monoisotopic (exact) mass is 421 g/mol. The van der Waals surface area contributed by atoms with Gasteiger partial charge in [-0.15, -0.1) is 10.2 Å². The fourth-order valence-corrected chi connectivity index (χ4v) is 3.87. The molecular formula is C22H20FN5O3. The quantitative estimate of drug-likeness (QED) is 0.676. The van der Waals surface area contributed by atoms with Crippen LogP contribution in [0.5, 0.6) is 5.75 Å². The second kappa shape index (κ2) is 7.82. The number of carbonyl (C=O) groups excluding carboxylic acids is 2. The van der Waals surface area contributed by atoms with Gasteiger partial charge in [0.15, 0.2) is 12.4 Å². The van der Waals surface area contributed by atoms with Gasteiger partial charge in [-0.3, -0.25) is 9.59 Å². The molecule has 3 heterocycles. The van der Waals surface area contributed by atoms with Gasteiger partial charge in [-0.25, -0.2) is 4.39 Å². The van der Waals surface area contributed by atoms with Crippen molar-refractivity contribution in [1.29, 1.82) is 0 Å². The van der Waals surface area contributed by atoms with E-state index in [9.17, 15) is 14.0 Å². The van der Waals surface area contributed by atoms with Crippen molar-refractivity contribution in [3.05, 3.63) is 53.6 Å². The molecule has 5 rings (SSSR count). The number of hydrogen-bond donors (Lipinski definition) is 2. The Morgan fingerprint density at radius 2 is 2.03 bits per heavy atom. The molecule has 0 spiro atoms. The zero-order valence-corrected chi connectivity index (χ0v) is 16.7. The third kappa shape index (κ3) is 3.74. The summed E-state index contributed by atoms with van der Waals surface area (Å²) in [7, 11) is 0. The predicted octanol–water partition coefficient (Wildman–Crippen LogP) is 3.39. The largest absolute Gasteiger partial charge is 0.482 e. The first-order chi connectivity index (χ1) is 15.1. The van der Waals surface area contributed by atoms with Crippen molar-refractivity contribution in [3.8, 4) is 17.1 Å². The number of aromatic nitrogens is 3. The van der Waals surface area contributed by atoms with Crippen LogP contribution < -0.4 is 15.4 Å². The minimum atomic E-state index is -0.547. The Morgan fingerprint density at radius 3 is 2.94 bits per heavy atom. The molecule has 2 aliphatic heterocycles. The van der Waals surface area contributed by atoms with E-state index in [0.29, 0.717) is 22.8 Å². The summed E-state index contributed by atoms with van der Waals surface area (Å²) in [6, 6.07) is 9.18. The van der Waals surface area contributed by atoms with Crippen LogP contribution in [0.15, 0.2) is 36.4 Å². The number of benzene rings is 2. The number of rotatable bonds is 3. The van der Waals surface area contributed by atoms with Crippen molar-refractivity contribution in [2.75, 3.05) is 17.2 Å². The van der Waals surface area contributed by atoms with Crippen LogP contribution in [0.1, 0.15) is 35.4 Å². The van der Waals surface area contributed by atoms with Crippen LogP contribution >= 0.6 is 0 Å². The Bertz CT molecular complexity index is 1190. The number of nitrogens with zero attached hydrogens (tertiary/aromatic N) is 3. The van der Waals surface area contributed by atoms with Gasteiger partial charge in [0.1, 0.15) is 17.4 Å². The molecule has 2 N–H and O–H groups in total. The molecular weight excluding hydrogens is 401 g/mol. The highest BCUT2D eigenvalue weighted by atomic mass is 19.1. The summed E-state index contributed by atoms with van der Waals surface area (Å²) < 4.78 is 21.9. The van der Waals surface area contributed by atoms with Gasteiger partial charge < -0.3 is 19.9 Å². The van der Waals surface area contributed by atoms with Crippen LogP contribution in [0.4, 0.5) is 15.8 Å². The van der Waals surface area contributed by atoms with Gasteiger partial charge in [0.05, 0.1) is 11.4 Å². The number of fused-ring (bicyclic) bond motifs is 2. The first-order valence-corrected chi connectivity index (χ1v) is 10.2. The molecule has 1 aromatic heterocycles. The molecule has 0 atom stereocenters. The van der Waals surface area contributed by atoms with Gasteiger partial charge in [0.2, 0.25) is 0 Å². The van der Waals surface area contributed by atoms with Crippen LogP contribution in [0.25, 0.3) is 11.4 Å². The number of amides is 2. The zero-order valence-electron chi connectivity index (χ0n) is 16.7. The Morgan fingerprint density at radius 1 is 1.13 bits per heavy atom. The summed E-state index contributed by atoms with van der Waals surface area (Å²) in [6.45, 7) is 0.708. The molecule has 2 aliphatic rings. The van der Waals surface area contributed by atoms with E-state index in [4.69, 9.17) is 4.74 Å². The number of nitrogens with one attached hydrogen (secondary N) is 2. The summed E-state index contributed by atoms with van der Waals surface area (Å²) in [6.07, 6.45) is 4.14. The molecule has 2 amide bonds. The normalized spacial score (nSPS) is 15.2. The lowest BCUT2D eigenvalue weighted by Gasteiger charge is -2.18. The van der Waals surface area contributed by atoms with E-state index in [1.165, 1.54) is 12.1 Å². The van der Waals surface area contributed by atoms with Gasteiger partial charge in [-0.05, 0) is 49.2 Å². The molecule has 3 aromatic rings. The van der Waals surface area contributed by atoms with E-state index >= 15 is 0 Å². The van der Waals surface area contributed by atoms with Gasteiger partial charge in [-0.1, -0.05) is 6.42 Å². The fourth-order valence-electron chi connectivity index (χ4n) is 3.87. The molecule has 31 heavy (non-hydrogen) atoms. The lowest BCUT2D eigenvalue weighted by molar-refractivity contribution is -0.118. The second-order valence-corrected chi connectivity index (χ2v) is 7.60. The van der Waals surface area contributed by atoms with E-state index in [0.717, 1.165) is 38.1 Å². The summed E-state index contributed by atoms with van der Waals surface area (Å²) in [4.78, 5) is 24.1. The third-order valence-electron chi connectivity index (χ3n) is 5.46. The fraction of sp³-hybridized carbons (Fsp3) is 0.273. The second-order valence-electron chi connectivity index (χ2n) is 7.60. The van der Waals surface area contributed by atoms with E-state index in [1.807, 2.05) is 0 Å². The zero-order chi connectivity index (χ0) is 21.4. The van der Waals surface area contributed by atoms with Crippen LogP contribution in [-0.4, -0.2) is 33.2 Å². The molecule has 0 bridgehead atoms. The lowest BCUT2D eigenvalue weighted by Crippen LogP contribution is -2.25. The Balaban J connectivity index is 1.41. The van der Waals surface area contributed by atoms with Crippen molar-refractivity contribution in [2.45, 2.75) is 32.2 Å². The maximum atomic E-state index is 14.5. The van der Waals surface area contributed by atoms with Gasteiger partial charge in [0, 0.05) is 24.1 Å². The van der Waals surface area contributed by atoms with Crippen molar-refractivity contribution < 1.29 is 18.7 Å². The van der Waals surface area contributed by atoms with E-state index in [1.54, 1.807) is 24.3 Å². The van der Waals surface area contributed by atoms with E-state index in [2.05, 4.69) is 25.4 Å². The van der Waals surface area contributed by atoms with Crippen molar-refractivity contribution in [2.24, 2.45) is 0 Å². The number of ether oxygens (including phenoxy) is 1. The van der Waals surface area contributed by atoms with E-state index in [-0.39, 0.29) is 23.8 Å². The Labute approximate surface area is 177 Å². The molecule has 0 fully saturated rings. The number of halogens is 1. The number of aryl methyl sites for hydroxylation is 1. The predicted molar refractivity (Wildman–Crippen MR) is 111 cm³/mol. The minimum absolute atomic E-state index is 0.0559. The van der Waals surface area contributed by atoms with Crippen molar-refractivity contribution >= 4 is 23.2 Å². The SMILES string of the molecule is O=C1COc2cc(C(=O)Nc3cc(-c4nnc5n4CCCCC5)ccc3F)ccc2N1. The summed E-state index contributed by atoms with van der Waals surface area (Å²) >= 11 is 0. The molecule has 0 saturated carbocycles. The van der Waals surface area contributed by atoms with Crippen molar-refractivity contribution in [1.82, 2.24) is 14.8 Å². The maximum Gasteiger partial charge on any atom is 0.262 e. The standard InChI is InChI=1S/C22H20FN5O3/c23-15-7-5-13(21-27-26-19-4-2-1-3-9-28(19)21)10-17(15)25-22(30)14-6-8-16-18(11-14)31-12-20(29)24-16/h5-8,10-11H,1-4,9,12H2,(H,24,29)(H,25,30). The summed E-state index contributed by atoms with van der Waals surface area (Å²) in [5.74, 6) is 0.713. The smallest absolute Gasteiger partial charge is 0.262 e. The molecule has 0 saturated heterocycles. The average molecular weight is 421 g/mol. The van der Waals surface area contributed by atoms with Gasteiger partial charge in [-0.2, -0.15) is 0 Å². The molecule has 9 heteroatoms. The molecule has 0 aliphatic carbocycles. The molecule has 8 nitrogen and oxygen atoms in total. The van der Waals surface area contributed by atoms with Crippen LogP contribution in [-0.2, 0) is 17.8 Å². The summed E-state index contributed by atoms with van der Waals surface area (Å²) in [5, 5.41) is 13.9. The maximum absolute atomic E-state index is 14.5. The van der Waals surface area contributed by atoms with Crippen LogP contribution in [0.3, 0.4) is 0 Å². The molecule has 158 valence electrons. The number of carbonyl (C=O) groups is 2. The first kappa shape index (κ1) is 19.2. The molecule has 2 aromatic carbocycles.